The van der Waals surface area contributed by atoms with Crippen molar-refractivity contribution in [3.8, 4) is 0 Å². The van der Waals surface area contributed by atoms with E-state index in [0.29, 0.717) is 10.9 Å². The summed E-state index contributed by atoms with van der Waals surface area (Å²) < 4.78 is 0. The molecule has 1 aromatic heterocycles. The Kier molecular flexibility index (Phi) is 5.00. The van der Waals surface area contributed by atoms with Crippen LogP contribution in [0.2, 0.25) is 0 Å². The summed E-state index contributed by atoms with van der Waals surface area (Å²) in [7, 11) is 0. The Hall–Kier alpha value is -1.82. The highest BCUT2D eigenvalue weighted by Crippen LogP contribution is 2.24. The molecule has 2 aromatic rings. The molecule has 1 aliphatic rings. The minimum atomic E-state index is 0.00248. The monoisotopic (exact) mass is 330 g/mol. The fourth-order valence-corrected chi connectivity index (χ4v) is 3.56. The Bertz CT molecular complexity index is 698. The number of carbonyl (C=O) groups is 1. The van der Waals surface area contributed by atoms with Crippen LogP contribution in [0.1, 0.15) is 48.3 Å². The van der Waals surface area contributed by atoms with E-state index < -0.39 is 0 Å². The molecule has 0 saturated heterocycles. The zero-order valence-corrected chi connectivity index (χ0v) is 14.4. The molecular formula is C17H22N4OS. The first-order chi connectivity index (χ1) is 11.1. The van der Waals surface area contributed by atoms with E-state index in [1.54, 1.807) is 0 Å². The molecule has 0 aliphatic heterocycles. The second kappa shape index (κ2) is 7.17. The van der Waals surface area contributed by atoms with Crippen LogP contribution >= 0.6 is 11.8 Å². The average Bonchev–Trinajstić information content (AvgIpc) is 2.98. The first-order valence-electron chi connectivity index (χ1n) is 8.04. The van der Waals surface area contributed by atoms with Crippen LogP contribution in [0.15, 0.2) is 23.4 Å². The van der Waals surface area contributed by atoms with Gasteiger partial charge in [0.1, 0.15) is 5.82 Å². The average molecular weight is 330 g/mol. The number of nitrogens with zero attached hydrogens (tertiary/aromatic N) is 2. The molecule has 23 heavy (non-hydrogen) atoms. The Labute approximate surface area is 140 Å². The normalized spacial score (nSPS) is 15.0. The van der Waals surface area contributed by atoms with Crippen LogP contribution in [0.4, 0.5) is 0 Å². The molecule has 0 saturated carbocycles. The zero-order valence-electron chi connectivity index (χ0n) is 13.6. The predicted octanol–water partition coefficient (Wildman–Crippen LogP) is 2.96. The summed E-state index contributed by atoms with van der Waals surface area (Å²) in [6, 6.07) is 6.63. The number of nitrogens with one attached hydrogen (secondary N) is 2. The van der Waals surface area contributed by atoms with Crippen LogP contribution < -0.4 is 5.32 Å². The van der Waals surface area contributed by atoms with E-state index in [0.717, 1.165) is 12.2 Å². The molecule has 1 aliphatic carbocycles. The van der Waals surface area contributed by atoms with E-state index in [9.17, 15) is 4.79 Å². The van der Waals surface area contributed by atoms with Gasteiger partial charge in [-0.25, -0.2) is 4.98 Å². The van der Waals surface area contributed by atoms with Crippen molar-refractivity contribution >= 4 is 17.7 Å². The summed E-state index contributed by atoms with van der Waals surface area (Å²) in [5.41, 5.74) is 4.09. The molecule has 6 heteroatoms. The van der Waals surface area contributed by atoms with Gasteiger partial charge in [0.05, 0.1) is 11.8 Å². The van der Waals surface area contributed by atoms with Gasteiger partial charge >= 0.3 is 0 Å². The van der Waals surface area contributed by atoms with Crippen LogP contribution in [-0.2, 0) is 17.6 Å². The van der Waals surface area contributed by atoms with Crippen molar-refractivity contribution in [3.63, 3.8) is 0 Å². The molecule has 0 radical (unpaired) electrons. The fourth-order valence-electron chi connectivity index (χ4n) is 2.91. The number of aromatic amines is 1. The van der Waals surface area contributed by atoms with Gasteiger partial charge in [0.15, 0.2) is 0 Å². The van der Waals surface area contributed by atoms with E-state index in [2.05, 4.69) is 38.7 Å². The Morgan fingerprint density at radius 1 is 1.35 bits per heavy atom. The number of hydrogen-bond donors (Lipinski definition) is 2. The molecular weight excluding hydrogens is 308 g/mol. The molecule has 1 heterocycles. The Morgan fingerprint density at radius 3 is 2.87 bits per heavy atom. The molecule has 0 spiro atoms. The van der Waals surface area contributed by atoms with Gasteiger partial charge in [-0.15, -0.1) is 5.10 Å². The van der Waals surface area contributed by atoms with Crippen LogP contribution in [0.25, 0.3) is 0 Å². The maximum Gasteiger partial charge on any atom is 0.230 e. The SMILES string of the molecule is Cc1nc(SCC(=O)N[C@@H](C)c2ccc3c(c2)CCCC3)n[nH]1. The quantitative estimate of drug-likeness (QED) is 0.827. The van der Waals surface area contributed by atoms with E-state index in [4.69, 9.17) is 0 Å². The Balaban J connectivity index is 1.55. The first-order valence-corrected chi connectivity index (χ1v) is 9.03. The largest absolute Gasteiger partial charge is 0.349 e. The van der Waals surface area contributed by atoms with Gasteiger partial charge in [0.2, 0.25) is 11.1 Å². The molecule has 1 aromatic carbocycles. The van der Waals surface area contributed by atoms with Crippen molar-refractivity contribution in [2.75, 3.05) is 5.75 Å². The second-order valence-corrected chi connectivity index (χ2v) is 6.96. The number of benzene rings is 1. The molecule has 3 rings (SSSR count). The highest BCUT2D eigenvalue weighted by molar-refractivity contribution is 7.99. The third-order valence-electron chi connectivity index (χ3n) is 4.16. The van der Waals surface area contributed by atoms with E-state index in [1.165, 1.54) is 47.7 Å². The van der Waals surface area contributed by atoms with Crippen LogP contribution in [0.5, 0.6) is 0 Å². The fraction of sp³-hybridized carbons (Fsp3) is 0.471. The van der Waals surface area contributed by atoms with Crippen molar-refractivity contribution < 1.29 is 4.79 Å². The van der Waals surface area contributed by atoms with Gasteiger partial charge < -0.3 is 5.32 Å². The molecule has 1 amide bonds. The van der Waals surface area contributed by atoms with E-state index >= 15 is 0 Å². The van der Waals surface area contributed by atoms with Crippen molar-refractivity contribution in [2.45, 2.75) is 50.7 Å². The van der Waals surface area contributed by atoms with Crippen molar-refractivity contribution in [3.05, 3.63) is 40.7 Å². The van der Waals surface area contributed by atoms with Crippen LogP contribution in [-0.4, -0.2) is 26.8 Å². The summed E-state index contributed by atoms with van der Waals surface area (Å²) >= 11 is 1.34. The minimum absolute atomic E-state index is 0.00248. The topological polar surface area (TPSA) is 70.7 Å². The predicted molar refractivity (Wildman–Crippen MR) is 91.5 cm³/mol. The number of fused-ring (bicyclic) bond motifs is 1. The first kappa shape index (κ1) is 16.1. The number of amides is 1. The maximum atomic E-state index is 12.1. The molecule has 0 fully saturated rings. The number of hydrogen-bond acceptors (Lipinski definition) is 4. The lowest BCUT2D eigenvalue weighted by molar-refractivity contribution is -0.119. The second-order valence-electron chi connectivity index (χ2n) is 6.02. The van der Waals surface area contributed by atoms with E-state index in [-0.39, 0.29) is 11.9 Å². The van der Waals surface area contributed by atoms with Crippen LogP contribution in [0.3, 0.4) is 0 Å². The number of rotatable bonds is 5. The zero-order chi connectivity index (χ0) is 16.2. The third-order valence-corrected chi connectivity index (χ3v) is 5.01. The van der Waals surface area contributed by atoms with Gasteiger partial charge in [-0.05, 0) is 56.2 Å². The van der Waals surface area contributed by atoms with Crippen molar-refractivity contribution in [1.29, 1.82) is 0 Å². The van der Waals surface area contributed by atoms with Crippen LogP contribution in [0, 0.1) is 6.92 Å². The number of aryl methyl sites for hydroxylation is 3. The third kappa shape index (κ3) is 4.13. The summed E-state index contributed by atoms with van der Waals surface area (Å²) in [6.07, 6.45) is 4.90. The van der Waals surface area contributed by atoms with Gasteiger partial charge in [0.25, 0.3) is 0 Å². The lowest BCUT2D eigenvalue weighted by Crippen LogP contribution is -2.28. The molecule has 0 unspecified atom stereocenters. The van der Waals surface area contributed by atoms with Crippen molar-refractivity contribution in [2.24, 2.45) is 0 Å². The number of carbonyl (C=O) groups excluding carboxylic acids is 1. The van der Waals surface area contributed by atoms with Gasteiger partial charge in [0, 0.05) is 0 Å². The summed E-state index contributed by atoms with van der Waals surface area (Å²) in [4.78, 5) is 16.3. The lowest BCUT2D eigenvalue weighted by atomic mass is 9.89. The molecule has 2 N–H and O–H groups in total. The highest BCUT2D eigenvalue weighted by atomic mass is 32.2. The van der Waals surface area contributed by atoms with Gasteiger partial charge in [-0.1, -0.05) is 30.0 Å². The number of H-pyrrole nitrogens is 1. The number of thioether (sulfide) groups is 1. The number of aromatic nitrogens is 3. The summed E-state index contributed by atoms with van der Waals surface area (Å²) in [6.45, 7) is 3.87. The molecule has 1 atom stereocenters. The molecule has 0 bridgehead atoms. The Morgan fingerprint density at radius 2 is 2.13 bits per heavy atom. The minimum Gasteiger partial charge on any atom is -0.349 e. The maximum absolute atomic E-state index is 12.1. The lowest BCUT2D eigenvalue weighted by Gasteiger charge is -2.20. The van der Waals surface area contributed by atoms with E-state index in [1.807, 2.05) is 13.8 Å². The van der Waals surface area contributed by atoms with Gasteiger partial charge in [-0.2, -0.15) is 0 Å². The standard InChI is InChI=1S/C17H22N4OS/c1-11(14-8-7-13-5-3-4-6-15(13)9-14)18-16(22)10-23-17-19-12(2)20-21-17/h7-9,11H,3-6,10H2,1-2H3,(H,18,22)(H,19,20,21)/t11-/m0/s1. The molecule has 5 nitrogen and oxygen atoms in total. The molecule has 122 valence electrons. The summed E-state index contributed by atoms with van der Waals surface area (Å²) in [5, 5.41) is 10.5. The smallest absolute Gasteiger partial charge is 0.230 e. The summed E-state index contributed by atoms with van der Waals surface area (Å²) in [5.74, 6) is 1.09. The highest BCUT2D eigenvalue weighted by Gasteiger charge is 2.14. The van der Waals surface area contributed by atoms with Gasteiger partial charge in [-0.3, -0.25) is 9.89 Å². The van der Waals surface area contributed by atoms with Crippen molar-refractivity contribution in [1.82, 2.24) is 20.5 Å².